The molecule has 0 aliphatic carbocycles. The molecule has 0 bridgehead atoms. The number of nitrogens with one attached hydrogen (secondary N) is 1. The van der Waals surface area contributed by atoms with Crippen molar-refractivity contribution < 1.29 is 19.9 Å². The minimum Gasteiger partial charge on any atom is -0.394 e. The number of aliphatic hydroxyl groups excluding tert-OH is 2. The van der Waals surface area contributed by atoms with Crippen molar-refractivity contribution in [3.63, 3.8) is 0 Å². The van der Waals surface area contributed by atoms with Gasteiger partial charge in [0.1, 0.15) is 0 Å². The summed E-state index contributed by atoms with van der Waals surface area (Å²) in [5.74, 6) is -0.709. The van der Waals surface area contributed by atoms with E-state index in [1.54, 1.807) is 0 Å². The number of hydrogen-bond donors (Lipinski definition) is 3. The van der Waals surface area contributed by atoms with Crippen LogP contribution < -0.4 is 5.32 Å². The largest absolute Gasteiger partial charge is 0.394 e. The lowest BCUT2D eigenvalue weighted by molar-refractivity contribution is -0.384. The summed E-state index contributed by atoms with van der Waals surface area (Å²) in [6.07, 6.45) is 0. The number of amides is 1. The molecule has 0 spiro atoms. The molecule has 7 nitrogen and oxygen atoms in total. The van der Waals surface area contributed by atoms with Crippen molar-refractivity contribution in [2.45, 2.75) is 12.5 Å². The number of rotatable bonds is 5. The molecule has 3 N–H and O–H groups in total. The Balaban J connectivity index is 3.06. The zero-order valence-electron chi connectivity index (χ0n) is 10.1. The van der Waals surface area contributed by atoms with Gasteiger partial charge in [-0.1, -0.05) is 11.6 Å². The molecule has 0 radical (unpaired) electrons. The second-order valence-electron chi connectivity index (χ2n) is 4.25. The van der Waals surface area contributed by atoms with Crippen LogP contribution in [0.15, 0.2) is 18.2 Å². The van der Waals surface area contributed by atoms with Crippen molar-refractivity contribution in [1.82, 2.24) is 5.32 Å². The summed E-state index contributed by atoms with van der Waals surface area (Å²) in [5.41, 5.74) is -1.60. The first-order valence-electron chi connectivity index (χ1n) is 5.31. The summed E-state index contributed by atoms with van der Waals surface area (Å²) in [6, 6.07) is 3.45. The van der Waals surface area contributed by atoms with Crippen molar-refractivity contribution >= 4 is 23.2 Å². The molecular formula is C11H13ClN2O5. The first kappa shape index (κ1) is 15.4. The van der Waals surface area contributed by atoms with Crippen LogP contribution in [-0.4, -0.2) is 39.8 Å². The van der Waals surface area contributed by atoms with Crippen LogP contribution >= 0.6 is 11.6 Å². The Kier molecular flexibility index (Phi) is 4.82. The van der Waals surface area contributed by atoms with Crippen LogP contribution in [0.4, 0.5) is 5.69 Å². The third-order valence-electron chi connectivity index (χ3n) is 2.52. The average Bonchev–Trinajstić information content (AvgIpc) is 2.38. The number of nitro benzene ring substituents is 1. The van der Waals surface area contributed by atoms with Crippen LogP contribution in [0.5, 0.6) is 0 Å². The molecule has 0 aromatic heterocycles. The Morgan fingerprint density at radius 1 is 1.47 bits per heavy atom. The standard InChI is InChI=1S/C11H13ClN2O5/c1-11(5-15,6-16)13-10(17)8-4-7(14(18)19)2-3-9(8)12/h2-4,15-16H,5-6H2,1H3,(H,13,17). The van der Waals surface area contributed by atoms with Crippen molar-refractivity contribution in [1.29, 1.82) is 0 Å². The molecule has 8 heteroatoms. The first-order chi connectivity index (χ1) is 8.83. The lowest BCUT2D eigenvalue weighted by Gasteiger charge is -2.26. The number of nitro groups is 1. The number of halogens is 1. The van der Waals surface area contributed by atoms with Crippen molar-refractivity contribution in [3.8, 4) is 0 Å². The van der Waals surface area contributed by atoms with E-state index in [0.29, 0.717) is 0 Å². The van der Waals surface area contributed by atoms with Gasteiger partial charge in [0.05, 0.1) is 34.3 Å². The second-order valence-corrected chi connectivity index (χ2v) is 4.66. The van der Waals surface area contributed by atoms with E-state index in [-0.39, 0.29) is 16.3 Å². The normalized spacial score (nSPS) is 11.2. The minimum absolute atomic E-state index is 0.0429. The first-order valence-corrected chi connectivity index (χ1v) is 5.69. The van der Waals surface area contributed by atoms with Gasteiger partial charge in [-0.25, -0.2) is 0 Å². The highest BCUT2D eigenvalue weighted by atomic mass is 35.5. The fraction of sp³-hybridized carbons (Fsp3) is 0.364. The quantitative estimate of drug-likeness (QED) is 0.546. The van der Waals surface area contributed by atoms with Crippen LogP contribution in [0.25, 0.3) is 0 Å². The molecule has 1 aromatic rings. The molecule has 0 saturated heterocycles. The van der Waals surface area contributed by atoms with E-state index in [2.05, 4.69) is 5.32 Å². The lowest BCUT2D eigenvalue weighted by Crippen LogP contribution is -2.51. The summed E-state index contributed by atoms with van der Waals surface area (Å²) in [6.45, 7) is 0.458. The average molecular weight is 289 g/mol. The van der Waals surface area contributed by atoms with E-state index in [9.17, 15) is 14.9 Å². The van der Waals surface area contributed by atoms with E-state index in [4.69, 9.17) is 21.8 Å². The van der Waals surface area contributed by atoms with Crippen molar-refractivity contribution in [2.75, 3.05) is 13.2 Å². The number of benzene rings is 1. The van der Waals surface area contributed by atoms with E-state index < -0.39 is 29.6 Å². The van der Waals surface area contributed by atoms with Gasteiger partial charge in [-0.05, 0) is 13.0 Å². The van der Waals surface area contributed by atoms with Gasteiger partial charge >= 0.3 is 0 Å². The van der Waals surface area contributed by atoms with E-state index in [1.807, 2.05) is 0 Å². The molecule has 0 unspecified atom stereocenters. The summed E-state index contributed by atoms with van der Waals surface area (Å²) in [5, 5.41) is 31.2. The van der Waals surface area contributed by atoms with Gasteiger partial charge in [0.25, 0.3) is 11.6 Å². The molecule has 19 heavy (non-hydrogen) atoms. The smallest absolute Gasteiger partial charge is 0.270 e. The molecular weight excluding hydrogens is 276 g/mol. The van der Waals surface area contributed by atoms with Crippen LogP contribution in [0.2, 0.25) is 5.02 Å². The Morgan fingerprint density at radius 2 is 2.05 bits per heavy atom. The Bertz CT molecular complexity index is 502. The predicted molar refractivity (Wildman–Crippen MR) is 68.1 cm³/mol. The van der Waals surface area contributed by atoms with Gasteiger partial charge in [-0.3, -0.25) is 14.9 Å². The third kappa shape index (κ3) is 3.63. The maximum Gasteiger partial charge on any atom is 0.270 e. The van der Waals surface area contributed by atoms with Gasteiger partial charge in [0.2, 0.25) is 0 Å². The Hall–Kier alpha value is -1.70. The number of aliphatic hydroxyl groups is 2. The molecule has 104 valence electrons. The molecule has 0 aliphatic heterocycles. The topological polar surface area (TPSA) is 113 Å². The van der Waals surface area contributed by atoms with Crippen LogP contribution in [0.3, 0.4) is 0 Å². The molecule has 0 heterocycles. The Morgan fingerprint density at radius 3 is 2.53 bits per heavy atom. The minimum atomic E-state index is -1.23. The summed E-state index contributed by atoms with van der Waals surface area (Å²) in [7, 11) is 0. The van der Waals surface area contributed by atoms with Gasteiger partial charge in [-0.2, -0.15) is 0 Å². The third-order valence-corrected chi connectivity index (χ3v) is 2.85. The molecule has 1 aromatic carbocycles. The number of nitrogens with zero attached hydrogens (tertiary/aromatic N) is 1. The summed E-state index contributed by atoms with van der Waals surface area (Å²) < 4.78 is 0. The van der Waals surface area contributed by atoms with E-state index >= 15 is 0 Å². The predicted octanol–water partition coefficient (Wildman–Crippen LogP) is 0.721. The van der Waals surface area contributed by atoms with Gasteiger partial charge in [0, 0.05) is 12.1 Å². The van der Waals surface area contributed by atoms with Gasteiger partial charge in [0.15, 0.2) is 0 Å². The highest BCUT2D eigenvalue weighted by Crippen LogP contribution is 2.22. The van der Waals surface area contributed by atoms with Gasteiger partial charge in [-0.15, -0.1) is 0 Å². The maximum atomic E-state index is 11.9. The molecule has 0 saturated carbocycles. The lowest BCUT2D eigenvalue weighted by atomic mass is 10.0. The molecule has 1 rings (SSSR count). The molecule has 1 amide bonds. The molecule has 0 fully saturated rings. The monoisotopic (exact) mass is 288 g/mol. The van der Waals surface area contributed by atoms with Crippen LogP contribution in [-0.2, 0) is 0 Å². The molecule has 0 aliphatic rings. The highest BCUT2D eigenvalue weighted by Gasteiger charge is 2.26. The van der Waals surface area contributed by atoms with Crippen molar-refractivity contribution in [3.05, 3.63) is 38.9 Å². The number of non-ortho nitro benzene ring substituents is 1. The fourth-order valence-corrected chi connectivity index (χ4v) is 1.47. The number of carbonyl (C=O) groups excluding carboxylic acids is 1. The zero-order chi connectivity index (χ0) is 14.6. The van der Waals surface area contributed by atoms with E-state index in [0.717, 1.165) is 6.07 Å². The Labute approximate surface area is 114 Å². The SMILES string of the molecule is CC(CO)(CO)NC(=O)c1cc([N+](=O)[O-])ccc1Cl. The summed E-state index contributed by atoms with van der Waals surface area (Å²) in [4.78, 5) is 21.9. The number of hydrogen-bond acceptors (Lipinski definition) is 5. The van der Waals surface area contributed by atoms with Crippen LogP contribution in [0.1, 0.15) is 17.3 Å². The van der Waals surface area contributed by atoms with Gasteiger partial charge < -0.3 is 15.5 Å². The fourth-order valence-electron chi connectivity index (χ4n) is 1.27. The summed E-state index contributed by atoms with van der Waals surface area (Å²) >= 11 is 5.80. The van der Waals surface area contributed by atoms with Crippen LogP contribution in [0, 0.1) is 10.1 Å². The second kappa shape index (κ2) is 5.96. The van der Waals surface area contributed by atoms with E-state index in [1.165, 1.54) is 19.1 Å². The number of carbonyl (C=O) groups is 1. The highest BCUT2D eigenvalue weighted by molar-refractivity contribution is 6.34. The maximum absolute atomic E-state index is 11.9. The van der Waals surface area contributed by atoms with Crippen molar-refractivity contribution in [2.24, 2.45) is 0 Å². The molecule has 0 atom stereocenters. The zero-order valence-corrected chi connectivity index (χ0v) is 10.8.